The summed E-state index contributed by atoms with van der Waals surface area (Å²) < 4.78 is 5.59. The Labute approximate surface area is 166 Å². The molecule has 3 N–H and O–H groups in total. The van der Waals surface area contributed by atoms with Crippen LogP contribution in [0.4, 0.5) is 5.69 Å². The van der Waals surface area contributed by atoms with Crippen molar-refractivity contribution in [3.8, 4) is 11.5 Å². The van der Waals surface area contributed by atoms with Gasteiger partial charge in [-0.25, -0.2) is 4.98 Å². The molecule has 0 spiro atoms. The lowest BCUT2D eigenvalue weighted by Gasteiger charge is -2.11. The minimum atomic E-state index is 0.553. The molecule has 0 amide bonds. The Morgan fingerprint density at radius 1 is 1.00 bits per heavy atom. The van der Waals surface area contributed by atoms with Crippen LogP contribution in [0.25, 0.3) is 11.5 Å². The lowest BCUT2D eigenvalue weighted by molar-refractivity contribution is 0.572. The van der Waals surface area contributed by atoms with Gasteiger partial charge in [0.1, 0.15) is 6.26 Å². The lowest BCUT2D eigenvalue weighted by Crippen LogP contribution is -2.37. The molecule has 0 aliphatic carbocycles. The lowest BCUT2D eigenvalue weighted by atomic mass is 10.1. The van der Waals surface area contributed by atoms with Gasteiger partial charge < -0.3 is 20.4 Å². The largest absolute Gasteiger partial charge is 0.444 e. The second-order valence-electron chi connectivity index (χ2n) is 6.51. The molecule has 3 rings (SSSR count). The minimum Gasteiger partial charge on any atom is -0.444 e. The third kappa shape index (κ3) is 5.87. The number of para-hydroxylation sites is 1. The zero-order chi connectivity index (χ0) is 19.6. The molecule has 0 atom stereocenters. The molecule has 3 aromatic rings. The van der Waals surface area contributed by atoms with Crippen molar-refractivity contribution >= 4 is 11.6 Å². The van der Waals surface area contributed by atoms with Gasteiger partial charge in [0, 0.05) is 31.4 Å². The van der Waals surface area contributed by atoms with Gasteiger partial charge in [-0.05, 0) is 37.6 Å². The molecule has 0 aliphatic rings. The van der Waals surface area contributed by atoms with Crippen molar-refractivity contribution in [2.75, 3.05) is 25.5 Å². The highest BCUT2D eigenvalue weighted by Crippen LogP contribution is 2.18. The van der Waals surface area contributed by atoms with Gasteiger partial charge in [-0.3, -0.25) is 4.99 Å². The summed E-state index contributed by atoms with van der Waals surface area (Å²) in [4.78, 5) is 8.79. The van der Waals surface area contributed by atoms with Crippen molar-refractivity contribution < 1.29 is 4.42 Å². The van der Waals surface area contributed by atoms with E-state index in [1.54, 1.807) is 13.3 Å². The van der Waals surface area contributed by atoms with Crippen molar-refractivity contribution in [3.63, 3.8) is 0 Å². The molecule has 0 unspecified atom stereocenters. The SMILES string of the molecule is CN=C(NCCCNc1ccccc1)NCc1coc(-c2ccc(C)cc2)n1. The first kappa shape index (κ1) is 19.5. The molecule has 1 aromatic heterocycles. The molecule has 6 nitrogen and oxygen atoms in total. The fraction of sp³-hybridized carbons (Fsp3) is 0.273. The number of aromatic nitrogens is 1. The van der Waals surface area contributed by atoms with Gasteiger partial charge >= 0.3 is 0 Å². The molecule has 2 aromatic carbocycles. The summed E-state index contributed by atoms with van der Waals surface area (Å²) >= 11 is 0. The fourth-order valence-corrected chi connectivity index (χ4v) is 2.70. The summed E-state index contributed by atoms with van der Waals surface area (Å²) in [5.41, 5.74) is 4.17. The Hall–Kier alpha value is -3.28. The number of oxazole rings is 1. The molecule has 0 saturated carbocycles. The summed E-state index contributed by atoms with van der Waals surface area (Å²) in [6.07, 6.45) is 2.66. The number of hydrogen-bond acceptors (Lipinski definition) is 4. The second-order valence-corrected chi connectivity index (χ2v) is 6.51. The van der Waals surface area contributed by atoms with E-state index < -0.39 is 0 Å². The Kier molecular flexibility index (Phi) is 7.07. The predicted molar refractivity (Wildman–Crippen MR) is 114 cm³/mol. The van der Waals surface area contributed by atoms with Crippen LogP contribution >= 0.6 is 0 Å². The molecule has 0 fully saturated rings. The molecule has 0 aliphatic heterocycles. The third-order valence-corrected chi connectivity index (χ3v) is 4.26. The minimum absolute atomic E-state index is 0.553. The number of aryl methyl sites for hydroxylation is 1. The second kappa shape index (κ2) is 10.2. The number of guanidine groups is 1. The van der Waals surface area contributed by atoms with Gasteiger partial charge in [0.05, 0.1) is 12.2 Å². The molecule has 6 heteroatoms. The van der Waals surface area contributed by atoms with Crippen molar-refractivity contribution in [3.05, 3.63) is 72.1 Å². The van der Waals surface area contributed by atoms with Crippen LogP contribution in [0.1, 0.15) is 17.7 Å². The average molecular weight is 377 g/mol. The summed E-state index contributed by atoms with van der Waals surface area (Å²) in [5.74, 6) is 1.38. The highest BCUT2D eigenvalue weighted by Gasteiger charge is 2.07. The van der Waals surface area contributed by atoms with Gasteiger partial charge in [-0.1, -0.05) is 35.9 Å². The van der Waals surface area contributed by atoms with Crippen LogP contribution in [0, 0.1) is 6.92 Å². The Morgan fingerprint density at radius 2 is 1.79 bits per heavy atom. The van der Waals surface area contributed by atoms with Crippen LogP contribution in [-0.4, -0.2) is 31.1 Å². The summed E-state index contributed by atoms with van der Waals surface area (Å²) in [7, 11) is 1.76. The summed E-state index contributed by atoms with van der Waals surface area (Å²) in [5, 5.41) is 9.97. The Bertz CT molecular complexity index is 871. The smallest absolute Gasteiger partial charge is 0.226 e. The first-order valence-electron chi connectivity index (χ1n) is 9.49. The topological polar surface area (TPSA) is 74.5 Å². The molecule has 0 bridgehead atoms. The van der Waals surface area contributed by atoms with Crippen LogP contribution in [0.2, 0.25) is 0 Å². The molecule has 0 saturated heterocycles. The van der Waals surface area contributed by atoms with Crippen LogP contribution in [-0.2, 0) is 6.54 Å². The average Bonchev–Trinajstić information content (AvgIpc) is 3.20. The number of nitrogens with zero attached hydrogens (tertiary/aromatic N) is 2. The van der Waals surface area contributed by atoms with Crippen LogP contribution < -0.4 is 16.0 Å². The number of aliphatic imine (C=N–C) groups is 1. The standard InChI is InChI=1S/C22H27N5O/c1-17-9-11-18(12-10-17)21-27-20(16-28-21)15-26-22(23-2)25-14-6-13-24-19-7-4-3-5-8-19/h3-5,7-12,16,24H,6,13-15H2,1-2H3,(H2,23,25,26). The third-order valence-electron chi connectivity index (χ3n) is 4.26. The number of nitrogens with one attached hydrogen (secondary N) is 3. The maximum atomic E-state index is 5.59. The van der Waals surface area contributed by atoms with E-state index >= 15 is 0 Å². The first-order valence-corrected chi connectivity index (χ1v) is 9.49. The van der Waals surface area contributed by atoms with Crippen molar-refractivity contribution in [2.24, 2.45) is 4.99 Å². The van der Waals surface area contributed by atoms with E-state index in [1.807, 2.05) is 30.3 Å². The maximum absolute atomic E-state index is 5.59. The van der Waals surface area contributed by atoms with E-state index in [2.05, 4.69) is 57.1 Å². The van der Waals surface area contributed by atoms with E-state index in [1.165, 1.54) is 5.56 Å². The molecule has 0 radical (unpaired) electrons. The van der Waals surface area contributed by atoms with Gasteiger partial charge in [0.2, 0.25) is 5.89 Å². The summed E-state index contributed by atoms with van der Waals surface area (Å²) in [6.45, 7) is 4.34. The van der Waals surface area contributed by atoms with Gasteiger partial charge in [0.15, 0.2) is 5.96 Å². The van der Waals surface area contributed by atoms with E-state index in [9.17, 15) is 0 Å². The molecule has 1 heterocycles. The van der Waals surface area contributed by atoms with E-state index in [4.69, 9.17) is 4.42 Å². The zero-order valence-corrected chi connectivity index (χ0v) is 16.4. The van der Waals surface area contributed by atoms with Crippen molar-refractivity contribution in [2.45, 2.75) is 19.9 Å². The van der Waals surface area contributed by atoms with Gasteiger partial charge in [0.25, 0.3) is 0 Å². The normalized spacial score (nSPS) is 11.3. The van der Waals surface area contributed by atoms with Crippen LogP contribution in [0.15, 0.2) is 70.3 Å². The van der Waals surface area contributed by atoms with Crippen LogP contribution in [0.5, 0.6) is 0 Å². The van der Waals surface area contributed by atoms with Crippen molar-refractivity contribution in [1.29, 1.82) is 0 Å². The monoisotopic (exact) mass is 377 g/mol. The zero-order valence-electron chi connectivity index (χ0n) is 16.4. The van der Waals surface area contributed by atoms with Gasteiger partial charge in [-0.15, -0.1) is 0 Å². The number of rotatable bonds is 8. The van der Waals surface area contributed by atoms with Crippen LogP contribution in [0.3, 0.4) is 0 Å². The maximum Gasteiger partial charge on any atom is 0.226 e. The Balaban J connectivity index is 1.39. The quantitative estimate of drug-likeness (QED) is 0.316. The van der Waals surface area contributed by atoms with Crippen molar-refractivity contribution in [1.82, 2.24) is 15.6 Å². The molecular formula is C22H27N5O. The molecule has 28 heavy (non-hydrogen) atoms. The number of anilines is 1. The van der Waals surface area contributed by atoms with Gasteiger partial charge in [-0.2, -0.15) is 0 Å². The van der Waals surface area contributed by atoms with E-state index in [0.29, 0.717) is 12.4 Å². The summed E-state index contributed by atoms with van der Waals surface area (Å²) in [6, 6.07) is 18.3. The fourth-order valence-electron chi connectivity index (χ4n) is 2.70. The highest BCUT2D eigenvalue weighted by atomic mass is 16.3. The van der Waals surface area contributed by atoms with E-state index in [0.717, 1.165) is 42.4 Å². The molecular weight excluding hydrogens is 350 g/mol. The predicted octanol–water partition coefficient (Wildman–Crippen LogP) is 3.82. The Morgan fingerprint density at radius 3 is 2.54 bits per heavy atom. The molecule has 146 valence electrons. The highest BCUT2D eigenvalue weighted by molar-refractivity contribution is 5.79. The first-order chi connectivity index (χ1) is 13.7. The number of hydrogen-bond donors (Lipinski definition) is 3. The number of benzene rings is 2. The van der Waals surface area contributed by atoms with E-state index in [-0.39, 0.29) is 0 Å².